The number of rotatable bonds is 4. The number of aromatic nitrogens is 2. The quantitative estimate of drug-likeness (QED) is 0.836. The SMILES string of the molecule is CC(C)C(=O)N1CCN(Cc2nnc(C(C)C)o2)CC1. The second-order valence-corrected chi connectivity index (χ2v) is 5.94. The van der Waals surface area contributed by atoms with E-state index in [-0.39, 0.29) is 17.7 Å². The highest BCUT2D eigenvalue weighted by molar-refractivity contribution is 5.78. The van der Waals surface area contributed by atoms with Crippen LogP contribution in [0.1, 0.15) is 45.4 Å². The Bertz CT molecular complexity index is 448. The molecule has 0 N–H and O–H groups in total. The van der Waals surface area contributed by atoms with Gasteiger partial charge in [0.15, 0.2) is 0 Å². The predicted octanol–water partition coefficient (Wildman–Crippen LogP) is 1.49. The summed E-state index contributed by atoms with van der Waals surface area (Å²) in [5.74, 6) is 1.93. The molecule has 0 radical (unpaired) electrons. The van der Waals surface area contributed by atoms with E-state index in [4.69, 9.17) is 4.42 Å². The summed E-state index contributed by atoms with van der Waals surface area (Å²) < 4.78 is 5.62. The largest absolute Gasteiger partial charge is 0.424 e. The molecule has 2 heterocycles. The third kappa shape index (κ3) is 3.56. The van der Waals surface area contributed by atoms with E-state index in [9.17, 15) is 4.79 Å². The second-order valence-electron chi connectivity index (χ2n) is 5.94. The number of nitrogens with zero attached hydrogens (tertiary/aromatic N) is 4. The first-order chi connectivity index (χ1) is 9.47. The molecule has 1 aromatic heterocycles. The molecule has 0 saturated carbocycles. The summed E-state index contributed by atoms with van der Waals surface area (Å²) in [5.41, 5.74) is 0. The van der Waals surface area contributed by atoms with Crippen molar-refractivity contribution >= 4 is 5.91 Å². The minimum absolute atomic E-state index is 0.0751. The van der Waals surface area contributed by atoms with Gasteiger partial charge >= 0.3 is 0 Å². The van der Waals surface area contributed by atoms with Crippen LogP contribution in [0.3, 0.4) is 0 Å². The van der Waals surface area contributed by atoms with E-state index >= 15 is 0 Å². The van der Waals surface area contributed by atoms with Crippen LogP contribution in [0.25, 0.3) is 0 Å². The lowest BCUT2D eigenvalue weighted by Gasteiger charge is -2.34. The zero-order chi connectivity index (χ0) is 14.7. The zero-order valence-electron chi connectivity index (χ0n) is 12.8. The fraction of sp³-hybridized carbons (Fsp3) is 0.786. The molecule has 1 amide bonds. The van der Waals surface area contributed by atoms with Crippen LogP contribution in [0.4, 0.5) is 0 Å². The van der Waals surface area contributed by atoms with E-state index in [0.717, 1.165) is 26.2 Å². The van der Waals surface area contributed by atoms with Crippen LogP contribution in [0.15, 0.2) is 4.42 Å². The van der Waals surface area contributed by atoms with Crippen molar-refractivity contribution in [3.8, 4) is 0 Å². The summed E-state index contributed by atoms with van der Waals surface area (Å²) in [7, 11) is 0. The van der Waals surface area contributed by atoms with Gasteiger partial charge in [0.2, 0.25) is 17.7 Å². The Morgan fingerprint density at radius 2 is 1.80 bits per heavy atom. The lowest BCUT2D eigenvalue weighted by Crippen LogP contribution is -2.49. The predicted molar refractivity (Wildman–Crippen MR) is 75.1 cm³/mol. The van der Waals surface area contributed by atoms with Crippen molar-refractivity contribution in [3.05, 3.63) is 11.8 Å². The third-order valence-electron chi connectivity index (χ3n) is 3.51. The molecule has 1 aliphatic rings. The summed E-state index contributed by atoms with van der Waals surface area (Å²) in [6.45, 7) is 11.9. The van der Waals surface area contributed by atoms with Gasteiger partial charge in [-0.2, -0.15) is 0 Å². The Morgan fingerprint density at radius 1 is 1.15 bits per heavy atom. The van der Waals surface area contributed by atoms with Crippen molar-refractivity contribution in [1.82, 2.24) is 20.0 Å². The lowest BCUT2D eigenvalue weighted by molar-refractivity contribution is -0.136. The fourth-order valence-corrected chi connectivity index (χ4v) is 2.25. The van der Waals surface area contributed by atoms with Crippen LogP contribution in [0.5, 0.6) is 0 Å². The second kappa shape index (κ2) is 6.35. The van der Waals surface area contributed by atoms with Crippen molar-refractivity contribution in [1.29, 1.82) is 0 Å². The minimum atomic E-state index is 0.0751. The molecule has 0 aliphatic carbocycles. The zero-order valence-corrected chi connectivity index (χ0v) is 12.8. The lowest BCUT2D eigenvalue weighted by atomic mass is 10.1. The molecule has 1 saturated heterocycles. The van der Waals surface area contributed by atoms with Crippen LogP contribution in [-0.2, 0) is 11.3 Å². The van der Waals surface area contributed by atoms with Gasteiger partial charge in [-0.25, -0.2) is 0 Å². The van der Waals surface area contributed by atoms with E-state index < -0.39 is 0 Å². The average Bonchev–Trinajstić information content (AvgIpc) is 2.87. The summed E-state index contributed by atoms with van der Waals surface area (Å²) >= 11 is 0. The fourth-order valence-electron chi connectivity index (χ4n) is 2.25. The van der Waals surface area contributed by atoms with E-state index in [2.05, 4.69) is 15.1 Å². The summed E-state index contributed by atoms with van der Waals surface area (Å²) in [6.07, 6.45) is 0. The molecule has 0 bridgehead atoms. The molecule has 20 heavy (non-hydrogen) atoms. The van der Waals surface area contributed by atoms with Gasteiger partial charge in [0.1, 0.15) is 0 Å². The number of carbonyl (C=O) groups excluding carboxylic acids is 1. The molecule has 0 aromatic carbocycles. The number of carbonyl (C=O) groups is 1. The van der Waals surface area contributed by atoms with Gasteiger partial charge in [0.25, 0.3) is 0 Å². The van der Waals surface area contributed by atoms with Crippen LogP contribution in [0, 0.1) is 5.92 Å². The molecule has 6 heteroatoms. The maximum Gasteiger partial charge on any atom is 0.230 e. The van der Waals surface area contributed by atoms with Crippen molar-refractivity contribution in [3.63, 3.8) is 0 Å². The Hall–Kier alpha value is -1.43. The first kappa shape index (κ1) is 15.0. The topological polar surface area (TPSA) is 62.5 Å². The van der Waals surface area contributed by atoms with Gasteiger partial charge < -0.3 is 9.32 Å². The van der Waals surface area contributed by atoms with Gasteiger partial charge in [-0.05, 0) is 0 Å². The standard InChI is InChI=1S/C14H24N4O2/c1-10(2)13-16-15-12(20-13)9-17-5-7-18(8-6-17)14(19)11(3)4/h10-11H,5-9H2,1-4H3. The van der Waals surface area contributed by atoms with Gasteiger partial charge in [-0.15, -0.1) is 10.2 Å². The summed E-state index contributed by atoms with van der Waals surface area (Å²) in [5, 5.41) is 8.11. The van der Waals surface area contributed by atoms with Gasteiger partial charge in [0.05, 0.1) is 6.54 Å². The maximum atomic E-state index is 11.9. The first-order valence-corrected chi connectivity index (χ1v) is 7.30. The highest BCUT2D eigenvalue weighted by atomic mass is 16.4. The molecular weight excluding hydrogens is 256 g/mol. The number of hydrogen-bond donors (Lipinski definition) is 0. The van der Waals surface area contributed by atoms with Crippen molar-refractivity contribution in [2.75, 3.05) is 26.2 Å². The van der Waals surface area contributed by atoms with E-state index in [0.29, 0.717) is 18.3 Å². The van der Waals surface area contributed by atoms with Crippen LogP contribution < -0.4 is 0 Å². The van der Waals surface area contributed by atoms with Crippen LogP contribution in [0.2, 0.25) is 0 Å². The molecule has 1 fully saturated rings. The Kier molecular flexibility index (Phi) is 4.75. The van der Waals surface area contributed by atoms with Crippen molar-refractivity contribution < 1.29 is 9.21 Å². The van der Waals surface area contributed by atoms with E-state index in [1.165, 1.54) is 0 Å². The summed E-state index contributed by atoms with van der Waals surface area (Å²) in [6, 6.07) is 0. The molecular formula is C14H24N4O2. The normalized spacial score (nSPS) is 17.2. The highest BCUT2D eigenvalue weighted by Crippen LogP contribution is 2.14. The van der Waals surface area contributed by atoms with Crippen LogP contribution in [-0.4, -0.2) is 52.1 Å². The van der Waals surface area contributed by atoms with Gasteiger partial charge in [-0.3, -0.25) is 9.69 Å². The molecule has 1 aromatic rings. The first-order valence-electron chi connectivity index (χ1n) is 7.30. The molecule has 0 unspecified atom stereocenters. The molecule has 0 spiro atoms. The average molecular weight is 280 g/mol. The Morgan fingerprint density at radius 3 is 2.30 bits per heavy atom. The molecule has 6 nitrogen and oxygen atoms in total. The third-order valence-corrected chi connectivity index (χ3v) is 3.51. The number of piperazine rings is 1. The number of amides is 1. The monoisotopic (exact) mass is 280 g/mol. The minimum Gasteiger partial charge on any atom is -0.424 e. The van der Waals surface area contributed by atoms with E-state index in [1.54, 1.807) is 0 Å². The summed E-state index contributed by atoms with van der Waals surface area (Å²) in [4.78, 5) is 16.1. The highest BCUT2D eigenvalue weighted by Gasteiger charge is 2.23. The van der Waals surface area contributed by atoms with E-state index in [1.807, 2.05) is 32.6 Å². The van der Waals surface area contributed by atoms with Gasteiger partial charge in [0, 0.05) is 38.0 Å². The maximum absolute atomic E-state index is 11.9. The molecule has 1 aliphatic heterocycles. The van der Waals surface area contributed by atoms with Crippen molar-refractivity contribution in [2.45, 2.75) is 40.2 Å². The smallest absolute Gasteiger partial charge is 0.230 e. The molecule has 2 rings (SSSR count). The van der Waals surface area contributed by atoms with Crippen LogP contribution >= 0.6 is 0 Å². The Labute approximate surface area is 120 Å². The molecule has 112 valence electrons. The number of hydrogen-bond acceptors (Lipinski definition) is 5. The molecule has 0 atom stereocenters. The Balaban J connectivity index is 1.83. The van der Waals surface area contributed by atoms with Gasteiger partial charge in [-0.1, -0.05) is 27.7 Å². The van der Waals surface area contributed by atoms with Crippen molar-refractivity contribution in [2.24, 2.45) is 5.92 Å².